The SMILES string of the molecule is CC(O)CC(C)NC(=O)C1(C)CCCNC1. The lowest BCUT2D eigenvalue weighted by atomic mass is 9.81. The lowest BCUT2D eigenvalue weighted by molar-refractivity contribution is -0.131. The van der Waals surface area contributed by atoms with Crippen molar-refractivity contribution in [1.82, 2.24) is 10.6 Å². The van der Waals surface area contributed by atoms with Crippen molar-refractivity contribution in [3.05, 3.63) is 0 Å². The number of carbonyl (C=O) groups is 1. The molecular weight excluding hydrogens is 204 g/mol. The molecule has 0 aliphatic carbocycles. The van der Waals surface area contributed by atoms with Gasteiger partial charge in [0, 0.05) is 12.6 Å². The van der Waals surface area contributed by atoms with Crippen molar-refractivity contribution in [3.8, 4) is 0 Å². The van der Waals surface area contributed by atoms with Gasteiger partial charge in [-0.05, 0) is 46.6 Å². The predicted molar refractivity (Wildman–Crippen MR) is 64.1 cm³/mol. The van der Waals surface area contributed by atoms with E-state index in [0.717, 1.165) is 25.9 Å². The Morgan fingerprint density at radius 1 is 1.56 bits per heavy atom. The molecule has 3 N–H and O–H groups in total. The summed E-state index contributed by atoms with van der Waals surface area (Å²) in [4.78, 5) is 12.1. The number of hydrogen-bond donors (Lipinski definition) is 3. The van der Waals surface area contributed by atoms with Crippen LogP contribution in [0.25, 0.3) is 0 Å². The van der Waals surface area contributed by atoms with Crippen molar-refractivity contribution in [1.29, 1.82) is 0 Å². The summed E-state index contributed by atoms with van der Waals surface area (Å²) >= 11 is 0. The van der Waals surface area contributed by atoms with E-state index in [0.29, 0.717) is 6.42 Å². The average molecular weight is 228 g/mol. The Morgan fingerprint density at radius 2 is 2.25 bits per heavy atom. The van der Waals surface area contributed by atoms with Crippen LogP contribution >= 0.6 is 0 Å². The number of piperidine rings is 1. The summed E-state index contributed by atoms with van der Waals surface area (Å²) in [5.74, 6) is 0.104. The molecule has 0 radical (unpaired) electrons. The second kappa shape index (κ2) is 5.64. The van der Waals surface area contributed by atoms with Gasteiger partial charge in [-0.3, -0.25) is 4.79 Å². The summed E-state index contributed by atoms with van der Waals surface area (Å²) in [5, 5.41) is 15.5. The average Bonchev–Trinajstić information content (AvgIpc) is 2.17. The largest absolute Gasteiger partial charge is 0.393 e. The van der Waals surface area contributed by atoms with Gasteiger partial charge in [0.15, 0.2) is 0 Å². The van der Waals surface area contributed by atoms with E-state index >= 15 is 0 Å². The first-order valence-corrected chi connectivity index (χ1v) is 6.14. The number of rotatable bonds is 4. The monoisotopic (exact) mass is 228 g/mol. The molecule has 1 rings (SSSR count). The Bertz CT molecular complexity index is 235. The maximum Gasteiger partial charge on any atom is 0.227 e. The quantitative estimate of drug-likeness (QED) is 0.662. The molecule has 0 saturated carbocycles. The summed E-state index contributed by atoms with van der Waals surface area (Å²) in [5.41, 5.74) is -0.287. The molecule has 0 aromatic rings. The lowest BCUT2D eigenvalue weighted by Gasteiger charge is -2.33. The van der Waals surface area contributed by atoms with E-state index in [2.05, 4.69) is 10.6 Å². The zero-order valence-electron chi connectivity index (χ0n) is 10.5. The zero-order valence-corrected chi connectivity index (χ0v) is 10.5. The summed E-state index contributed by atoms with van der Waals surface area (Å²) in [7, 11) is 0. The van der Waals surface area contributed by atoms with Gasteiger partial charge >= 0.3 is 0 Å². The third kappa shape index (κ3) is 3.76. The molecule has 4 nitrogen and oxygen atoms in total. The van der Waals surface area contributed by atoms with E-state index in [1.807, 2.05) is 13.8 Å². The van der Waals surface area contributed by atoms with Crippen LogP contribution in [0.3, 0.4) is 0 Å². The van der Waals surface area contributed by atoms with Crippen LogP contribution in [-0.4, -0.2) is 36.2 Å². The molecule has 0 bridgehead atoms. The van der Waals surface area contributed by atoms with E-state index in [9.17, 15) is 9.90 Å². The third-order valence-electron chi connectivity index (χ3n) is 3.22. The number of hydrogen-bond acceptors (Lipinski definition) is 3. The highest BCUT2D eigenvalue weighted by atomic mass is 16.3. The molecule has 1 aliphatic rings. The molecule has 1 heterocycles. The fraction of sp³-hybridized carbons (Fsp3) is 0.917. The van der Waals surface area contributed by atoms with Crippen molar-refractivity contribution in [3.63, 3.8) is 0 Å². The van der Waals surface area contributed by atoms with Crippen LogP contribution in [0.1, 0.15) is 40.0 Å². The van der Waals surface area contributed by atoms with E-state index in [-0.39, 0.29) is 23.5 Å². The fourth-order valence-electron chi connectivity index (χ4n) is 2.22. The minimum atomic E-state index is -0.368. The molecule has 0 aromatic carbocycles. The molecule has 1 amide bonds. The molecule has 16 heavy (non-hydrogen) atoms. The molecule has 3 atom stereocenters. The highest BCUT2D eigenvalue weighted by Gasteiger charge is 2.35. The minimum absolute atomic E-state index is 0.0336. The summed E-state index contributed by atoms with van der Waals surface area (Å²) < 4.78 is 0. The van der Waals surface area contributed by atoms with Crippen LogP contribution in [0, 0.1) is 5.41 Å². The van der Waals surface area contributed by atoms with E-state index in [1.165, 1.54) is 0 Å². The number of nitrogens with one attached hydrogen (secondary N) is 2. The highest BCUT2D eigenvalue weighted by Crippen LogP contribution is 2.25. The van der Waals surface area contributed by atoms with Crippen LogP contribution in [0.2, 0.25) is 0 Å². The topological polar surface area (TPSA) is 61.4 Å². The lowest BCUT2D eigenvalue weighted by Crippen LogP contribution is -2.51. The van der Waals surface area contributed by atoms with Crippen LogP contribution in [0.15, 0.2) is 0 Å². The van der Waals surface area contributed by atoms with E-state index in [1.54, 1.807) is 6.92 Å². The summed E-state index contributed by atoms with van der Waals surface area (Å²) in [6, 6.07) is 0.0336. The number of carbonyl (C=O) groups excluding carboxylic acids is 1. The molecule has 3 unspecified atom stereocenters. The first-order valence-electron chi connectivity index (χ1n) is 6.14. The van der Waals surface area contributed by atoms with Gasteiger partial charge in [0.25, 0.3) is 0 Å². The van der Waals surface area contributed by atoms with Crippen molar-refractivity contribution in [2.45, 2.75) is 52.2 Å². The molecular formula is C12H24N2O2. The van der Waals surface area contributed by atoms with Crippen molar-refractivity contribution < 1.29 is 9.90 Å². The molecule has 4 heteroatoms. The smallest absolute Gasteiger partial charge is 0.227 e. The Kier molecular flexibility index (Phi) is 4.74. The van der Waals surface area contributed by atoms with E-state index < -0.39 is 0 Å². The molecule has 0 spiro atoms. The van der Waals surface area contributed by atoms with Gasteiger partial charge in [0.1, 0.15) is 0 Å². The third-order valence-corrected chi connectivity index (χ3v) is 3.22. The predicted octanol–water partition coefficient (Wildman–Crippen LogP) is 0.652. The summed E-state index contributed by atoms with van der Waals surface area (Å²) in [6.07, 6.45) is 2.23. The van der Waals surface area contributed by atoms with Crippen LogP contribution in [0.5, 0.6) is 0 Å². The molecule has 1 fully saturated rings. The Hall–Kier alpha value is -0.610. The first-order chi connectivity index (χ1) is 7.44. The Balaban J connectivity index is 2.44. The van der Waals surface area contributed by atoms with Crippen molar-refractivity contribution in [2.75, 3.05) is 13.1 Å². The second-order valence-corrected chi connectivity index (χ2v) is 5.30. The Morgan fingerprint density at radius 3 is 2.75 bits per heavy atom. The summed E-state index contributed by atoms with van der Waals surface area (Å²) in [6.45, 7) is 7.44. The van der Waals surface area contributed by atoms with E-state index in [4.69, 9.17) is 0 Å². The fourth-order valence-corrected chi connectivity index (χ4v) is 2.22. The van der Waals surface area contributed by atoms with Gasteiger partial charge in [-0.15, -0.1) is 0 Å². The standard InChI is InChI=1S/C12H24N2O2/c1-9(7-10(2)15)14-11(16)12(3)5-4-6-13-8-12/h9-10,13,15H,4-8H2,1-3H3,(H,14,16). The maximum absolute atomic E-state index is 12.1. The van der Waals surface area contributed by atoms with Gasteiger partial charge < -0.3 is 15.7 Å². The molecule has 1 saturated heterocycles. The number of aliphatic hydroxyl groups is 1. The number of aliphatic hydroxyl groups excluding tert-OH is 1. The zero-order chi connectivity index (χ0) is 12.2. The van der Waals surface area contributed by atoms with Gasteiger partial charge in [0.05, 0.1) is 11.5 Å². The van der Waals surface area contributed by atoms with Crippen molar-refractivity contribution in [2.24, 2.45) is 5.41 Å². The van der Waals surface area contributed by atoms with Crippen LogP contribution < -0.4 is 10.6 Å². The van der Waals surface area contributed by atoms with Gasteiger partial charge in [-0.1, -0.05) is 0 Å². The first kappa shape index (κ1) is 13.5. The Labute approximate surface area is 97.8 Å². The van der Waals surface area contributed by atoms with Crippen molar-refractivity contribution >= 4 is 5.91 Å². The van der Waals surface area contributed by atoms with Gasteiger partial charge in [-0.25, -0.2) is 0 Å². The molecule has 0 aromatic heterocycles. The maximum atomic E-state index is 12.1. The van der Waals surface area contributed by atoms with Crippen LogP contribution in [0.4, 0.5) is 0 Å². The molecule has 1 aliphatic heterocycles. The minimum Gasteiger partial charge on any atom is -0.393 e. The van der Waals surface area contributed by atoms with Gasteiger partial charge in [0.2, 0.25) is 5.91 Å². The highest BCUT2D eigenvalue weighted by molar-refractivity contribution is 5.82. The second-order valence-electron chi connectivity index (χ2n) is 5.30. The number of amides is 1. The van der Waals surface area contributed by atoms with Gasteiger partial charge in [-0.2, -0.15) is 0 Å². The normalized spacial score (nSPS) is 29.5. The molecule has 94 valence electrons. The van der Waals surface area contributed by atoms with Crippen LogP contribution in [-0.2, 0) is 4.79 Å².